The summed E-state index contributed by atoms with van der Waals surface area (Å²) in [5, 5.41) is 3.34. The van der Waals surface area contributed by atoms with Gasteiger partial charge in [-0.2, -0.15) is 0 Å². The lowest BCUT2D eigenvalue weighted by molar-refractivity contribution is -0.135. The molecule has 0 spiro atoms. The molecule has 0 saturated carbocycles. The van der Waals surface area contributed by atoms with Crippen LogP contribution in [0.3, 0.4) is 0 Å². The summed E-state index contributed by atoms with van der Waals surface area (Å²) >= 11 is 0. The monoisotopic (exact) mass is 290 g/mol. The van der Waals surface area contributed by atoms with Crippen LogP contribution < -0.4 is 5.32 Å². The second-order valence-corrected chi connectivity index (χ2v) is 8.69. The van der Waals surface area contributed by atoms with Gasteiger partial charge in [0, 0.05) is 24.9 Å². The fourth-order valence-corrected chi connectivity index (χ4v) is 2.62. The molecule has 0 radical (unpaired) electrons. The van der Waals surface area contributed by atoms with Crippen LogP contribution in [0.25, 0.3) is 0 Å². The van der Waals surface area contributed by atoms with Crippen LogP contribution in [-0.2, 0) is 14.6 Å². The van der Waals surface area contributed by atoms with Gasteiger partial charge in [0.25, 0.3) is 0 Å². The highest BCUT2D eigenvalue weighted by Gasteiger charge is 2.42. The van der Waals surface area contributed by atoms with Crippen molar-refractivity contribution in [2.24, 2.45) is 0 Å². The lowest BCUT2D eigenvalue weighted by Crippen LogP contribution is -2.54. The van der Waals surface area contributed by atoms with Crippen molar-refractivity contribution in [1.29, 1.82) is 0 Å². The van der Waals surface area contributed by atoms with Gasteiger partial charge in [-0.25, -0.2) is 8.42 Å². The molecule has 1 aliphatic rings. The first-order valence-electron chi connectivity index (χ1n) is 6.81. The SMILES string of the molecule is CC(C)N(CC1CCCN1)C(=O)C(C)(C)S(C)(=O)=O. The molecule has 1 N–H and O–H groups in total. The largest absolute Gasteiger partial charge is 0.337 e. The smallest absolute Gasteiger partial charge is 0.243 e. The van der Waals surface area contributed by atoms with E-state index >= 15 is 0 Å². The standard InChI is InChI=1S/C13H26N2O3S/c1-10(2)15(9-11-7-6-8-14-11)12(16)13(3,4)19(5,17)18/h10-11,14H,6-9H2,1-5H3. The third-order valence-electron chi connectivity index (χ3n) is 3.91. The van der Waals surface area contributed by atoms with Crippen LogP contribution in [0.1, 0.15) is 40.5 Å². The van der Waals surface area contributed by atoms with Crippen LogP contribution in [-0.4, -0.2) is 55.4 Å². The van der Waals surface area contributed by atoms with E-state index < -0.39 is 14.6 Å². The molecule has 5 nitrogen and oxygen atoms in total. The number of sulfone groups is 1. The summed E-state index contributed by atoms with van der Waals surface area (Å²) in [6, 6.07) is 0.276. The molecule has 6 heteroatoms. The molecule has 1 atom stereocenters. The van der Waals surface area contributed by atoms with Gasteiger partial charge < -0.3 is 10.2 Å². The molecule has 1 aliphatic heterocycles. The van der Waals surface area contributed by atoms with Crippen molar-refractivity contribution in [3.8, 4) is 0 Å². The van der Waals surface area contributed by atoms with E-state index in [1.54, 1.807) is 4.90 Å². The first-order chi connectivity index (χ1) is 8.57. The third-order valence-corrected chi connectivity index (χ3v) is 5.93. The van der Waals surface area contributed by atoms with Crippen molar-refractivity contribution in [3.05, 3.63) is 0 Å². The summed E-state index contributed by atoms with van der Waals surface area (Å²) < 4.78 is 22.2. The summed E-state index contributed by atoms with van der Waals surface area (Å²) in [4.78, 5) is 14.2. The Balaban J connectivity index is 2.89. The van der Waals surface area contributed by atoms with Crippen LogP contribution >= 0.6 is 0 Å². The summed E-state index contributed by atoms with van der Waals surface area (Å²) in [6.07, 6.45) is 3.27. The first-order valence-corrected chi connectivity index (χ1v) is 8.70. The Hall–Kier alpha value is -0.620. The lowest BCUT2D eigenvalue weighted by Gasteiger charge is -2.35. The molecule has 0 aromatic rings. The summed E-state index contributed by atoms with van der Waals surface area (Å²) in [6.45, 7) is 8.37. The summed E-state index contributed by atoms with van der Waals surface area (Å²) in [7, 11) is -3.43. The molecule has 19 heavy (non-hydrogen) atoms. The van der Waals surface area contributed by atoms with Crippen molar-refractivity contribution in [3.63, 3.8) is 0 Å². The Kier molecular flexibility index (Phi) is 5.01. The topological polar surface area (TPSA) is 66.5 Å². The number of hydrogen-bond acceptors (Lipinski definition) is 4. The van der Waals surface area contributed by atoms with Crippen molar-refractivity contribution in [2.75, 3.05) is 19.3 Å². The number of rotatable bonds is 5. The molecule has 1 saturated heterocycles. The third kappa shape index (κ3) is 3.69. The molecule has 1 rings (SSSR count). The Morgan fingerprint density at radius 2 is 2.00 bits per heavy atom. The Morgan fingerprint density at radius 1 is 1.42 bits per heavy atom. The van der Waals surface area contributed by atoms with Gasteiger partial charge in [-0.15, -0.1) is 0 Å². The van der Waals surface area contributed by atoms with E-state index in [1.165, 1.54) is 13.8 Å². The van der Waals surface area contributed by atoms with Crippen molar-refractivity contribution >= 4 is 15.7 Å². The maximum atomic E-state index is 12.6. The first kappa shape index (κ1) is 16.4. The average Bonchev–Trinajstić information content (AvgIpc) is 2.75. The number of hydrogen-bond donors (Lipinski definition) is 1. The van der Waals surface area contributed by atoms with E-state index in [2.05, 4.69) is 5.32 Å². The minimum atomic E-state index is -3.43. The molecular weight excluding hydrogens is 264 g/mol. The highest BCUT2D eigenvalue weighted by atomic mass is 32.2. The van der Waals surface area contributed by atoms with Crippen LogP contribution in [0, 0.1) is 0 Å². The van der Waals surface area contributed by atoms with E-state index in [9.17, 15) is 13.2 Å². The van der Waals surface area contributed by atoms with Gasteiger partial charge in [-0.1, -0.05) is 0 Å². The molecule has 0 aliphatic carbocycles. The summed E-state index contributed by atoms with van der Waals surface area (Å²) in [5.41, 5.74) is 0. The van der Waals surface area contributed by atoms with Gasteiger partial charge in [0.15, 0.2) is 9.84 Å². The second kappa shape index (κ2) is 5.79. The Morgan fingerprint density at radius 3 is 2.37 bits per heavy atom. The fraction of sp³-hybridized carbons (Fsp3) is 0.923. The summed E-state index contributed by atoms with van der Waals surface area (Å²) in [5.74, 6) is -0.307. The average molecular weight is 290 g/mol. The van der Waals surface area contributed by atoms with Crippen LogP contribution in [0.2, 0.25) is 0 Å². The zero-order valence-electron chi connectivity index (χ0n) is 12.6. The quantitative estimate of drug-likeness (QED) is 0.813. The van der Waals surface area contributed by atoms with E-state index in [4.69, 9.17) is 0 Å². The number of carbonyl (C=O) groups is 1. The maximum Gasteiger partial charge on any atom is 0.243 e. The predicted octanol–water partition coefficient (Wildman–Crippen LogP) is 0.799. The van der Waals surface area contributed by atoms with Crippen molar-refractivity contribution in [1.82, 2.24) is 10.2 Å². The number of nitrogens with one attached hydrogen (secondary N) is 1. The Bertz CT molecular complexity index is 423. The van der Waals surface area contributed by atoms with Crippen LogP contribution in [0.4, 0.5) is 0 Å². The van der Waals surface area contributed by atoms with Gasteiger partial charge in [-0.05, 0) is 47.1 Å². The lowest BCUT2D eigenvalue weighted by atomic mass is 10.1. The Labute approximate surface area is 116 Å². The zero-order chi connectivity index (χ0) is 14.8. The van der Waals surface area contributed by atoms with Gasteiger partial charge in [0.05, 0.1) is 0 Å². The minimum Gasteiger partial charge on any atom is -0.337 e. The van der Waals surface area contributed by atoms with E-state index in [-0.39, 0.29) is 18.0 Å². The number of nitrogens with zero attached hydrogens (tertiary/aromatic N) is 1. The van der Waals surface area contributed by atoms with Crippen molar-refractivity contribution < 1.29 is 13.2 Å². The molecule has 1 unspecified atom stereocenters. The highest BCUT2D eigenvalue weighted by molar-refractivity contribution is 7.92. The molecule has 1 heterocycles. The molecule has 0 aromatic carbocycles. The normalized spacial score (nSPS) is 20.8. The number of carbonyl (C=O) groups excluding carboxylic acids is 1. The molecule has 0 bridgehead atoms. The van der Waals surface area contributed by atoms with E-state index in [1.807, 2.05) is 13.8 Å². The van der Waals surface area contributed by atoms with Crippen LogP contribution in [0.5, 0.6) is 0 Å². The zero-order valence-corrected chi connectivity index (χ0v) is 13.4. The van der Waals surface area contributed by atoms with Crippen molar-refractivity contribution in [2.45, 2.75) is 57.4 Å². The highest BCUT2D eigenvalue weighted by Crippen LogP contribution is 2.21. The van der Waals surface area contributed by atoms with Gasteiger partial charge >= 0.3 is 0 Å². The van der Waals surface area contributed by atoms with Crippen LogP contribution in [0.15, 0.2) is 0 Å². The van der Waals surface area contributed by atoms with Gasteiger partial charge in [0.2, 0.25) is 5.91 Å². The molecular formula is C13H26N2O3S. The van der Waals surface area contributed by atoms with E-state index in [0.29, 0.717) is 6.54 Å². The molecule has 1 amide bonds. The number of amides is 1. The molecule has 112 valence electrons. The van der Waals surface area contributed by atoms with Gasteiger partial charge in [0.1, 0.15) is 4.75 Å². The minimum absolute atomic E-state index is 0.00377. The molecule has 0 aromatic heterocycles. The maximum absolute atomic E-state index is 12.6. The predicted molar refractivity (Wildman–Crippen MR) is 76.8 cm³/mol. The van der Waals surface area contributed by atoms with E-state index in [0.717, 1.165) is 25.6 Å². The van der Waals surface area contributed by atoms with Gasteiger partial charge in [-0.3, -0.25) is 4.79 Å². The molecule has 1 fully saturated rings. The fourth-order valence-electron chi connectivity index (χ4n) is 2.18. The second-order valence-electron chi connectivity index (χ2n) is 6.13.